The lowest BCUT2D eigenvalue weighted by Gasteiger charge is -2.26. The minimum absolute atomic E-state index is 0.382. The van der Waals surface area contributed by atoms with Crippen LogP contribution in [0.2, 0.25) is 0 Å². The van der Waals surface area contributed by atoms with Crippen LogP contribution in [0, 0.1) is 0 Å². The zero-order valence-electron chi connectivity index (χ0n) is 12.3. The molecule has 2 fully saturated rings. The lowest BCUT2D eigenvalue weighted by Crippen LogP contribution is -2.32. The fourth-order valence-electron chi connectivity index (χ4n) is 2.68. The molecule has 20 heavy (non-hydrogen) atoms. The average molecular weight is 279 g/mol. The van der Waals surface area contributed by atoms with Crippen molar-refractivity contribution in [1.29, 1.82) is 0 Å². The Labute approximate surface area is 120 Å². The molecule has 5 nitrogen and oxygen atoms in total. The van der Waals surface area contributed by atoms with Crippen molar-refractivity contribution in [3.63, 3.8) is 0 Å². The van der Waals surface area contributed by atoms with Gasteiger partial charge in [-0.1, -0.05) is 5.16 Å². The monoisotopic (exact) mass is 279 g/mol. The van der Waals surface area contributed by atoms with Gasteiger partial charge in [0.1, 0.15) is 0 Å². The van der Waals surface area contributed by atoms with E-state index in [1.165, 1.54) is 32.1 Å². The molecule has 0 amide bonds. The molecule has 0 spiro atoms. The molecule has 0 aromatic carbocycles. The highest BCUT2D eigenvalue weighted by Gasteiger charge is 2.21. The fourth-order valence-corrected chi connectivity index (χ4v) is 2.68. The molecule has 0 bridgehead atoms. The van der Waals surface area contributed by atoms with Crippen molar-refractivity contribution < 1.29 is 9.26 Å². The van der Waals surface area contributed by atoms with E-state index in [4.69, 9.17) is 9.26 Å². The summed E-state index contributed by atoms with van der Waals surface area (Å²) in [4.78, 5) is 2.26. The molecule has 1 unspecified atom stereocenters. The second kappa shape index (κ2) is 6.70. The lowest BCUT2D eigenvalue weighted by molar-refractivity contribution is -0.00360. The Morgan fingerprint density at radius 1 is 1.35 bits per heavy atom. The molecule has 1 aliphatic heterocycles. The van der Waals surface area contributed by atoms with Gasteiger partial charge in [-0.25, -0.2) is 0 Å². The molecule has 112 valence electrons. The van der Waals surface area contributed by atoms with Gasteiger partial charge in [-0.2, -0.15) is 0 Å². The number of hydrogen-bond donors (Lipinski definition) is 1. The third-order valence-corrected chi connectivity index (χ3v) is 3.97. The van der Waals surface area contributed by atoms with Crippen molar-refractivity contribution in [1.82, 2.24) is 15.4 Å². The highest BCUT2D eigenvalue weighted by atomic mass is 16.5. The highest BCUT2D eigenvalue weighted by molar-refractivity contribution is 5.05. The van der Waals surface area contributed by atoms with Gasteiger partial charge in [0.05, 0.1) is 18.3 Å². The molecule has 1 N–H and O–H groups in total. The van der Waals surface area contributed by atoms with Crippen LogP contribution in [0.5, 0.6) is 0 Å². The Balaban J connectivity index is 1.41. The zero-order valence-corrected chi connectivity index (χ0v) is 12.3. The van der Waals surface area contributed by atoms with Crippen molar-refractivity contribution in [3.8, 4) is 0 Å². The first-order valence-corrected chi connectivity index (χ1v) is 7.77. The van der Waals surface area contributed by atoms with E-state index in [9.17, 15) is 0 Å². The predicted octanol–water partition coefficient (Wildman–Crippen LogP) is 1.93. The van der Waals surface area contributed by atoms with E-state index in [0.29, 0.717) is 12.1 Å². The number of nitrogens with one attached hydrogen (secondary N) is 1. The lowest BCUT2D eigenvalue weighted by atomic mass is 10.1. The SMILES string of the molecule is CN(Cc1cc(CNC2CC2)no1)CC1CCCCO1. The Hall–Kier alpha value is -0.910. The summed E-state index contributed by atoms with van der Waals surface area (Å²) in [5.74, 6) is 0.941. The molecular formula is C15H25N3O2. The van der Waals surface area contributed by atoms with E-state index in [1.54, 1.807) is 0 Å². The number of aromatic nitrogens is 1. The molecule has 1 atom stereocenters. The fraction of sp³-hybridized carbons (Fsp3) is 0.800. The van der Waals surface area contributed by atoms with Crippen LogP contribution in [0.15, 0.2) is 10.6 Å². The minimum Gasteiger partial charge on any atom is -0.377 e. The second-order valence-electron chi connectivity index (χ2n) is 6.13. The van der Waals surface area contributed by atoms with Crippen molar-refractivity contribution in [2.24, 2.45) is 0 Å². The summed E-state index contributed by atoms with van der Waals surface area (Å²) >= 11 is 0. The molecule has 5 heteroatoms. The number of hydrogen-bond acceptors (Lipinski definition) is 5. The van der Waals surface area contributed by atoms with Gasteiger partial charge in [0.25, 0.3) is 0 Å². The van der Waals surface area contributed by atoms with E-state index in [0.717, 1.165) is 37.7 Å². The summed E-state index contributed by atoms with van der Waals surface area (Å²) in [6, 6.07) is 2.77. The maximum absolute atomic E-state index is 5.77. The Kier molecular flexibility index (Phi) is 4.70. The van der Waals surface area contributed by atoms with E-state index < -0.39 is 0 Å². The molecule has 3 rings (SSSR count). The number of nitrogens with zero attached hydrogens (tertiary/aromatic N) is 2. The molecular weight excluding hydrogens is 254 g/mol. The highest BCUT2D eigenvalue weighted by Crippen LogP contribution is 2.19. The standard InChI is InChI=1S/C15H25N3O2/c1-18(10-14-4-2-3-7-19-14)11-15-8-13(17-20-15)9-16-12-5-6-12/h8,12,14,16H,2-7,9-11H2,1H3. The Morgan fingerprint density at radius 2 is 2.25 bits per heavy atom. The third-order valence-electron chi connectivity index (χ3n) is 3.97. The first-order valence-electron chi connectivity index (χ1n) is 7.77. The van der Waals surface area contributed by atoms with Gasteiger partial charge < -0.3 is 14.6 Å². The average Bonchev–Trinajstić information content (AvgIpc) is 3.18. The zero-order chi connectivity index (χ0) is 13.8. The van der Waals surface area contributed by atoms with Gasteiger partial charge >= 0.3 is 0 Å². The first-order chi connectivity index (χ1) is 9.79. The van der Waals surface area contributed by atoms with Gasteiger partial charge in [0, 0.05) is 31.8 Å². The van der Waals surface area contributed by atoms with Crippen molar-refractivity contribution in [3.05, 3.63) is 17.5 Å². The molecule has 1 saturated heterocycles. The summed E-state index contributed by atoms with van der Waals surface area (Å²) in [5.41, 5.74) is 1.01. The summed E-state index contributed by atoms with van der Waals surface area (Å²) in [7, 11) is 2.11. The van der Waals surface area contributed by atoms with Crippen LogP contribution in [0.1, 0.15) is 43.6 Å². The topological polar surface area (TPSA) is 50.5 Å². The van der Waals surface area contributed by atoms with Gasteiger partial charge in [0.2, 0.25) is 0 Å². The van der Waals surface area contributed by atoms with Crippen LogP contribution in [0.3, 0.4) is 0 Å². The summed E-state index contributed by atoms with van der Waals surface area (Å²) < 4.78 is 11.2. The van der Waals surface area contributed by atoms with Gasteiger partial charge in [0.15, 0.2) is 5.76 Å². The maximum Gasteiger partial charge on any atom is 0.151 e. The van der Waals surface area contributed by atoms with Gasteiger partial charge in [-0.15, -0.1) is 0 Å². The van der Waals surface area contributed by atoms with Crippen molar-refractivity contribution >= 4 is 0 Å². The van der Waals surface area contributed by atoms with Crippen LogP contribution >= 0.6 is 0 Å². The minimum atomic E-state index is 0.382. The summed E-state index contributed by atoms with van der Waals surface area (Å²) in [5, 5.41) is 7.57. The molecule has 1 aromatic rings. The van der Waals surface area contributed by atoms with Crippen molar-refractivity contribution in [2.75, 3.05) is 20.2 Å². The Bertz CT molecular complexity index is 411. The second-order valence-corrected chi connectivity index (χ2v) is 6.13. The van der Waals surface area contributed by atoms with Crippen LogP contribution in [-0.4, -0.2) is 42.4 Å². The largest absolute Gasteiger partial charge is 0.377 e. The van der Waals surface area contributed by atoms with E-state index >= 15 is 0 Å². The maximum atomic E-state index is 5.77. The molecule has 2 aliphatic rings. The van der Waals surface area contributed by atoms with Crippen LogP contribution in [0.4, 0.5) is 0 Å². The van der Waals surface area contributed by atoms with Gasteiger partial charge in [-0.05, 0) is 39.2 Å². The van der Waals surface area contributed by atoms with Crippen LogP contribution in [-0.2, 0) is 17.8 Å². The van der Waals surface area contributed by atoms with Crippen LogP contribution < -0.4 is 5.32 Å². The molecule has 1 aliphatic carbocycles. The van der Waals surface area contributed by atoms with E-state index in [-0.39, 0.29) is 0 Å². The van der Waals surface area contributed by atoms with Crippen molar-refractivity contribution in [2.45, 2.75) is 57.3 Å². The normalized spacial score (nSPS) is 23.4. The van der Waals surface area contributed by atoms with E-state index in [2.05, 4.69) is 28.5 Å². The number of rotatable bonds is 7. The number of ether oxygens (including phenoxy) is 1. The van der Waals surface area contributed by atoms with Crippen LogP contribution in [0.25, 0.3) is 0 Å². The smallest absolute Gasteiger partial charge is 0.151 e. The predicted molar refractivity (Wildman–Crippen MR) is 76.3 cm³/mol. The first kappa shape index (κ1) is 14.0. The summed E-state index contributed by atoms with van der Waals surface area (Å²) in [6.07, 6.45) is 6.66. The summed E-state index contributed by atoms with van der Waals surface area (Å²) in [6.45, 7) is 3.51. The van der Waals surface area contributed by atoms with E-state index in [1.807, 2.05) is 0 Å². The molecule has 2 heterocycles. The Morgan fingerprint density at radius 3 is 3.00 bits per heavy atom. The molecule has 1 saturated carbocycles. The number of likely N-dealkylation sites (N-methyl/N-ethyl adjacent to an activating group) is 1. The molecule has 0 radical (unpaired) electrons. The molecule has 1 aromatic heterocycles. The quantitative estimate of drug-likeness (QED) is 0.826. The third kappa shape index (κ3) is 4.30. The van der Waals surface area contributed by atoms with Gasteiger partial charge in [-0.3, -0.25) is 4.90 Å².